The van der Waals surface area contributed by atoms with Crippen LogP contribution in [0.25, 0.3) is 0 Å². The van der Waals surface area contributed by atoms with Crippen LogP contribution in [0.1, 0.15) is 0 Å². The van der Waals surface area contributed by atoms with E-state index in [9.17, 15) is 0 Å². The number of anilines is 1. The van der Waals surface area contributed by atoms with E-state index in [4.69, 9.17) is 5.73 Å². The summed E-state index contributed by atoms with van der Waals surface area (Å²) in [7, 11) is 0. The first-order valence-corrected chi connectivity index (χ1v) is 4.00. The Kier molecular flexibility index (Phi) is 2.23. The van der Waals surface area contributed by atoms with Gasteiger partial charge in [0.25, 0.3) is 0 Å². The largest absolute Gasteiger partial charge is 0.383 e. The predicted molar refractivity (Wildman–Crippen MR) is 46.9 cm³/mol. The normalized spacial score (nSPS) is 9.56. The molecule has 48 valence electrons. The quantitative estimate of drug-likeness (QED) is 0.582. The second-order valence-corrected chi connectivity index (χ2v) is 3.19. The highest BCUT2D eigenvalue weighted by Gasteiger charge is 1.99. The zero-order valence-electron chi connectivity index (χ0n) is 4.31. The maximum atomic E-state index is 5.43. The molecule has 0 radical (unpaired) electrons. The Labute approximate surface area is 74.3 Å². The lowest BCUT2D eigenvalue weighted by atomic mass is 10.6. The average molecular weight is 300 g/mol. The molecule has 9 heavy (non-hydrogen) atoms. The molecule has 0 saturated heterocycles. The number of hydrogen-bond acceptors (Lipinski definition) is 3. The molecule has 0 aromatic carbocycles. The third-order valence-corrected chi connectivity index (χ3v) is 3.18. The molecule has 0 atom stereocenters. The van der Waals surface area contributed by atoms with Gasteiger partial charge in [0.05, 0.1) is 3.57 Å². The Hall–Kier alpha value is 0.0900. The number of rotatable bonds is 0. The number of aromatic nitrogens is 2. The lowest BCUT2D eigenvalue weighted by Gasteiger charge is -1.95. The molecule has 0 aliphatic rings. The van der Waals surface area contributed by atoms with Crippen LogP contribution in [0, 0.1) is 3.57 Å². The third kappa shape index (κ3) is 1.51. The van der Waals surface area contributed by atoms with E-state index >= 15 is 0 Å². The lowest BCUT2D eigenvalue weighted by molar-refractivity contribution is 1.13. The molecule has 1 aromatic heterocycles. The first-order chi connectivity index (χ1) is 4.22. The molecule has 2 N–H and O–H groups in total. The molecule has 0 aliphatic carbocycles. The monoisotopic (exact) mass is 299 g/mol. The van der Waals surface area contributed by atoms with Crippen LogP contribution in [0.3, 0.4) is 0 Å². The van der Waals surface area contributed by atoms with E-state index in [1.165, 1.54) is 6.33 Å². The van der Waals surface area contributed by atoms with Crippen molar-refractivity contribution in [3.63, 3.8) is 0 Å². The van der Waals surface area contributed by atoms with Gasteiger partial charge in [-0.2, -0.15) is 0 Å². The number of nitrogens with two attached hydrogens (primary N) is 1. The summed E-state index contributed by atoms with van der Waals surface area (Å²) in [4.78, 5) is 7.63. The highest BCUT2D eigenvalue weighted by Crippen LogP contribution is 2.18. The van der Waals surface area contributed by atoms with Gasteiger partial charge < -0.3 is 5.73 Å². The van der Waals surface area contributed by atoms with Crippen molar-refractivity contribution in [1.29, 1.82) is 0 Å². The van der Waals surface area contributed by atoms with Crippen molar-refractivity contribution >= 4 is 44.3 Å². The number of hydrogen-bond donors (Lipinski definition) is 1. The van der Waals surface area contributed by atoms with Gasteiger partial charge in [-0.1, -0.05) is 0 Å². The van der Waals surface area contributed by atoms with Crippen molar-refractivity contribution in [3.8, 4) is 0 Å². The van der Waals surface area contributed by atoms with Crippen LogP contribution in [0.4, 0.5) is 5.82 Å². The fourth-order valence-corrected chi connectivity index (χ4v) is 0.934. The Morgan fingerprint density at radius 2 is 2.22 bits per heavy atom. The van der Waals surface area contributed by atoms with Crippen molar-refractivity contribution in [2.24, 2.45) is 0 Å². The first kappa shape index (κ1) is 7.20. The molecule has 0 aliphatic heterocycles. The molecule has 0 amide bonds. The molecular weight excluding hydrogens is 297 g/mol. The summed E-state index contributed by atoms with van der Waals surface area (Å²) >= 11 is 5.28. The maximum Gasteiger partial charge on any atom is 0.141 e. The van der Waals surface area contributed by atoms with Crippen molar-refractivity contribution < 1.29 is 0 Å². The van der Waals surface area contributed by atoms with Gasteiger partial charge in [-0.25, -0.2) is 9.97 Å². The van der Waals surface area contributed by atoms with E-state index < -0.39 is 0 Å². The minimum atomic E-state index is 0.512. The van der Waals surface area contributed by atoms with Gasteiger partial charge in [0, 0.05) is 0 Å². The Balaban J connectivity index is 3.25. The van der Waals surface area contributed by atoms with E-state index in [0.717, 1.165) is 8.17 Å². The Bertz CT molecular complexity index is 207. The van der Waals surface area contributed by atoms with Crippen LogP contribution < -0.4 is 5.73 Å². The average Bonchev–Trinajstić information content (AvgIpc) is 1.83. The highest BCUT2D eigenvalue weighted by atomic mass is 127. The van der Waals surface area contributed by atoms with Gasteiger partial charge in [-0.3, -0.25) is 0 Å². The number of halogens is 2. The van der Waals surface area contributed by atoms with Crippen LogP contribution in [0.15, 0.2) is 10.9 Å². The molecule has 1 heterocycles. The van der Waals surface area contributed by atoms with Gasteiger partial charge in [-0.05, 0) is 38.5 Å². The first-order valence-electron chi connectivity index (χ1n) is 2.13. The van der Waals surface area contributed by atoms with Crippen LogP contribution in [-0.2, 0) is 0 Å². The Morgan fingerprint density at radius 3 is 2.67 bits per heavy atom. The number of nitrogen functional groups attached to an aromatic ring is 1. The summed E-state index contributed by atoms with van der Waals surface area (Å²) in [6.07, 6.45) is 1.42. The van der Waals surface area contributed by atoms with Crippen LogP contribution >= 0.6 is 38.5 Å². The van der Waals surface area contributed by atoms with Gasteiger partial charge >= 0.3 is 0 Å². The molecular formula is C4H3BrIN3. The zero-order valence-corrected chi connectivity index (χ0v) is 8.05. The lowest BCUT2D eigenvalue weighted by Crippen LogP contribution is -1.95. The van der Waals surface area contributed by atoms with E-state index in [-0.39, 0.29) is 0 Å². The zero-order chi connectivity index (χ0) is 6.85. The summed E-state index contributed by atoms with van der Waals surface area (Å²) in [6.45, 7) is 0. The van der Waals surface area contributed by atoms with Gasteiger partial charge in [0.2, 0.25) is 0 Å². The molecule has 0 unspecified atom stereocenters. The van der Waals surface area contributed by atoms with Crippen LogP contribution in [0.2, 0.25) is 0 Å². The summed E-state index contributed by atoms with van der Waals surface area (Å²) in [6, 6.07) is 0. The van der Waals surface area contributed by atoms with Gasteiger partial charge in [0.1, 0.15) is 16.7 Å². The molecule has 0 fully saturated rings. The van der Waals surface area contributed by atoms with Crippen LogP contribution in [-0.4, -0.2) is 9.97 Å². The smallest absolute Gasteiger partial charge is 0.141 e. The fourth-order valence-electron chi connectivity index (χ4n) is 0.361. The third-order valence-electron chi connectivity index (χ3n) is 0.774. The van der Waals surface area contributed by atoms with Gasteiger partial charge in [-0.15, -0.1) is 0 Å². The Morgan fingerprint density at radius 1 is 1.56 bits per heavy atom. The van der Waals surface area contributed by atoms with Crippen LogP contribution in [0.5, 0.6) is 0 Å². The van der Waals surface area contributed by atoms with Gasteiger partial charge in [0.15, 0.2) is 0 Å². The van der Waals surface area contributed by atoms with E-state index in [2.05, 4.69) is 48.5 Å². The molecule has 3 nitrogen and oxygen atoms in total. The minimum Gasteiger partial charge on any atom is -0.383 e. The standard InChI is InChI=1S/C4H3BrIN3/c5-3-2(6)4(7)9-1-8-3/h1H,(H2,7,8,9). The van der Waals surface area contributed by atoms with Crippen molar-refractivity contribution in [2.45, 2.75) is 0 Å². The highest BCUT2D eigenvalue weighted by molar-refractivity contribution is 14.1. The second-order valence-electron chi connectivity index (χ2n) is 1.36. The molecule has 0 spiro atoms. The van der Waals surface area contributed by atoms with E-state index in [1.54, 1.807) is 0 Å². The van der Waals surface area contributed by atoms with E-state index in [1.807, 2.05) is 0 Å². The molecule has 5 heteroatoms. The van der Waals surface area contributed by atoms with Crippen molar-refractivity contribution in [1.82, 2.24) is 9.97 Å². The molecule has 1 aromatic rings. The summed E-state index contributed by atoms with van der Waals surface area (Å²) < 4.78 is 1.60. The molecule has 0 saturated carbocycles. The van der Waals surface area contributed by atoms with Crippen molar-refractivity contribution in [3.05, 3.63) is 14.5 Å². The summed E-state index contributed by atoms with van der Waals surface area (Å²) in [5.74, 6) is 0.512. The van der Waals surface area contributed by atoms with E-state index in [0.29, 0.717) is 5.82 Å². The predicted octanol–water partition coefficient (Wildman–Crippen LogP) is 1.43. The molecule has 0 bridgehead atoms. The minimum absolute atomic E-state index is 0.512. The topological polar surface area (TPSA) is 51.8 Å². The second kappa shape index (κ2) is 2.78. The number of nitrogens with zero attached hydrogens (tertiary/aromatic N) is 2. The van der Waals surface area contributed by atoms with Crippen molar-refractivity contribution in [2.75, 3.05) is 5.73 Å². The SMILES string of the molecule is Nc1ncnc(Br)c1I. The fraction of sp³-hybridized carbons (Fsp3) is 0. The maximum absolute atomic E-state index is 5.43. The molecule has 1 rings (SSSR count). The summed E-state index contributed by atoms with van der Waals surface area (Å²) in [5.41, 5.74) is 5.43. The summed E-state index contributed by atoms with van der Waals surface area (Å²) in [5, 5.41) is 0.